The fraction of sp³-hybridized carbons (Fsp3) is 0.118. The monoisotopic (exact) mass is 390 g/mol. The molecule has 6 nitrogen and oxygen atoms in total. The lowest BCUT2D eigenvalue weighted by Crippen LogP contribution is -2.29. The fourth-order valence-electron chi connectivity index (χ4n) is 1.97. The molecule has 0 aliphatic rings. The molecule has 2 N–H and O–H groups in total. The molecule has 0 radical (unpaired) electrons. The molecule has 2 aromatic rings. The van der Waals surface area contributed by atoms with E-state index in [1.807, 2.05) is 6.92 Å². The first kappa shape index (κ1) is 17.7. The van der Waals surface area contributed by atoms with Crippen LogP contribution < -0.4 is 10.6 Å². The number of hydrogen-bond acceptors (Lipinski definition) is 4. The van der Waals surface area contributed by atoms with E-state index < -0.39 is 17.8 Å². The zero-order valence-corrected chi connectivity index (χ0v) is 14.6. The number of carbonyl (C=O) groups is 3. The number of halogens is 1. The first-order valence-electron chi connectivity index (χ1n) is 6.98. The number of benzene rings is 2. The number of para-hydroxylation sites is 1. The lowest BCUT2D eigenvalue weighted by Gasteiger charge is -2.10. The maximum Gasteiger partial charge on any atom is 0.339 e. The predicted octanol–water partition coefficient (Wildman–Crippen LogP) is 3.12. The average molecular weight is 391 g/mol. The fourth-order valence-corrected chi connectivity index (χ4v) is 2.22. The number of aryl methyl sites for hydroxylation is 1. The Morgan fingerprint density at radius 2 is 1.67 bits per heavy atom. The Morgan fingerprint density at radius 3 is 2.33 bits per heavy atom. The second kappa shape index (κ2) is 7.74. The first-order chi connectivity index (χ1) is 11.4. The summed E-state index contributed by atoms with van der Waals surface area (Å²) in [6.45, 7) is 1.87. The summed E-state index contributed by atoms with van der Waals surface area (Å²) >= 11 is 3.36. The van der Waals surface area contributed by atoms with E-state index in [0.717, 1.165) is 10.0 Å². The minimum Gasteiger partial charge on any atom is -0.465 e. The van der Waals surface area contributed by atoms with Crippen LogP contribution in [0.1, 0.15) is 15.9 Å². The largest absolute Gasteiger partial charge is 0.465 e. The Hall–Kier alpha value is -2.67. The van der Waals surface area contributed by atoms with E-state index >= 15 is 0 Å². The van der Waals surface area contributed by atoms with Gasteiger partial charge in [0.2, 0.25) is 0 Å². The van der Waals surface area contributed by atoms with E-state index in [1.54, 1.807) is 30.3 Å². The molecule has 2 amide bonds. The topological polar surface area (TPSA) is 84.5 Å². The summed E-state index contributed by atoms with van der Waals surface area (Å²) in [7, 11) is 1.24. The lowest BCUT2D eigenvalue weighted by atomic mass is 10.2. The molecular formula is C17H15BrN2O4. The van der Waals surface area contributed by atoms with Gasteiger partial charge in [-0.05, 0) is 42.8 Å². The summed E-state index contributed by atoms with van der Waals surface area (Å²) in [5.74, 6) is -2.32. The van der Waals surface area contributed by atoms with Gasteiger partial charge in [-0.1, -0.05) is 28.1 Å². The highest BCUT2D eigenvalue weighted by molar-refractivity contribution is 9.10. The van der Waals surface area contributed by atoms with Gasteiger partial charge >= 0.3 is 17.8 Å². The molecule has 0 heterocycles. The van der Waals surface area contributed by atoms with Gasteiger partial charge in [0, 0.05) is 10.2 Å². The van der Waals surface area contributed by atoms with E-state index in [9.17, 15) is 14.4 Å². The maximum absolute atomic E-state index is 12.0. The van der Waals surface area contributed by atoms with Crippen LogP contribution in [0, 0.1) is 6.92 Å². The normalized spacial score (nSPS) is 9.96. The highest BCUT2D eigenvalue weighted by Crippen LogP contribution is 2.20. The second-order valence-corrected chi connectivity index (χ2v) is 5.76. The van der Waals surface area contributed by atoms with Crippen molar-refractivity contribution in [3.8, 4) is 0 Å². The third-order valence-corrected chi connectivity index (χ3v) is 4.09. The Bertz CT molecular complexity index is 805. The number of methoxy groups -OCH3 is 1. The molecule has 24 heavy (non-hydrogen) atoms. The van der Waals surface area contributed by atoms with Gasteiger partial charge in [-0.3, -0.25) is 9.59 Å². The average Bonchev–Trinajstić information content (AvgIpc) is 2.58. The van der Waals surface area contributed by atoms with E-state index in [1.165, 1.54) is 19.2 Å². The number of hydrogen-bond donors (Lipinski definition) is 2. The van der Waals surface area contributed by atoms with Gasteiger partial charge in [0.15, 0.2) is 0 Å². The Balaban J connectivity index is 2.11. The molecule has 0 aliphatic heterocycles. The van der Waals surface area contributed by atoms with Crippen LogP contribution in [0.25, 0.3) is 0 Å². The number of ether oxygens (including phenoxy) is 1. The van der Waals surface area contributed by atoms with E-state index in [0.29, 0.717) is 5.69 Å². The maximum atomic E-state index is 12.0. The number of rotatable bonds is 3. The minimum atomic E-state index is -0.882. The van der Waals surface area contributed by atoms with Crippen molar-refractivity contribution in [2.75, 3.05) is 17.7 Å². The van der Waals surface area contributed by atoms with E-state index in [-0.39, 0.29) is 11.3 Å². The van der Waals surface area contributed by atoms with Crippen LogP contribution in [0.5, 0.6) is 0 Å². The molecule has 0 saturated heterocycles. The number of esters is 1. The van der Waals surface area contributed by atoms with Crippen molar-refractivity contribution in [2.24, 2.45) is 0 Å². The van der Waals surface area contributed by atoms with Crippen molar-refractivity contribution < 1.29 is 19.1 Å². The molecule has 0 fully saturated rings. The van der Waals surface area contributed by atoms with Crippen molar-refractivity contribution in [3.05, 3.63) is 58.1 Å². The van der Waals surface area contributed by atoms with Crippen LogP contribution in [0.3, 0.4) is 0 Å². The molecule has 0 bridgehead atoms. The summed E-state index contributed by atoms with van der Waals surface area (Å²) in [6.07, 6.45) is 0. The van der Waals surface area contributed by atoms with Crippen LogP contribution in [0.15, 0.2) is 46.9 Å². The van der Waals surface area contributed by atoms with Gasteiger partial charge in [-0.15, -0.1) is 0 Å². The zero-order valence-electron chi connectivity index (χ0n) is 13.1. The van der Waals surface area contributed by atoms with Gasteiger partial charge in [0.05, 0.1) is 18.4 Å². The molecule has 0 spiro atoms. The third kappa shape index (κ3) is 4.20. The van der Waals surface area contributed by atoms with Crippen LogP contribution in [-0.4, -0.2) is 24.9 Å². The molecule has 2 rings (SSSR count). The molecule has 124 valence electrons. The Kier molecular flexibility index (Phi) is 5.70. The highest BCUT2D eigenvalue weighted by Gasteiger charge is 2.18. The molecule has 0 saturated carbocycles. The third-order valence-electron chi connectivity index (χ3n) is 3.20. The van der Waals surface area contributed by atoms with Crippen LogP contribution in [0.2, 0.25) is 0 Å². The summed E-state index contributed by atoms with van der Waals surface area (Å²) in [5.41, 5.74) is 1.79. The first-order valence-corrected chi connectivity index (χ1v) is 7.77. The number of anilines is 2. The number of carbonyl (C=O) groups excluding carboxylic acids is 3. The van der Waals surface area contributed by atoms with Gasteiger partial charge in [-0.25, -0.2) is 4.79 Å². The SMILES string of the molecule is COC(=O)c1ccccc1NC(=O)C(=O)Nc1ccc(Br)c(C)c1. The molecular weight excluding hydrogens is 376 g/mol. The Labute approximate surface area is 147 Å². The summed E-state index contributed by atoms with van der Waals surface area (Å²) in [5, 5.41) is 4.92. The van der Waals surface area contributed by atoms with Crippen molar-refractivity contribution in [1.82, 2.24) is 0 Å². The molecule has 0 atom stereocenters. The van der Waals surface area contributed by atoms with Gasteiger partial charge in [0.25, 0.3) is 0 Å². The van der Waals surface area contributed by atoms with Crippen LogP contribution in [0.4, 0.5) is 11.4 Å². The van der Waals surface area contributed by atoms with E-state index in [2.05, 4.69) is 31.3 Å². The molecule has 0 aliphatic carbocycles. The van der Waals surface area contributed by atoms with Gasteiger partial charge in [-0.2, -0.15) is 0 Å². The predicted molar refractivity (Wildman–Crippen MR) is 93.9 cm³/mol. The molecule has 7 heteroatoms. The van der Waals surface area contributed by atoms with Crippen molar-refractivity contribution >= 4 is 45.1 Å². The van der Waals surface area contributed by atoms with Crippen molar-refractivity contribution in [2.45, 2.75) is 6.92 Å². The molecule has 0 unspecified atom stereocenters. The summed E-state index contributed by atoms with van der Waals surface area (Å²) in [4.78, 5) is 35.7. The molecule has 2 aromatic carbocycles. The van der Waals surface area contributed by atoms with Crippen molar-refractivity contribution in [1.29, 1.82) is 0 Å². The quantitative estimate of drug-likeness (QED) is 0.622. The minimum absolute atomic E-state index is 0.167. The number of nitrogens with one attached hydrogen (secondary N) is 2. The van der Waals surface area contributed by atoms with Crippen LogP contribution in [-0.2, 0) is 14.3 Å². The Morgan fingerprint density at radius 1 is 1.00 bits per heavy atom. The lowest BCUT2D eigenvalue weighted by molar-refractivity contribution is -0.133. The van der Waals surface area contributed by atoms with Gasteiger partial charge < -0.3 is 15.4 Å². The highest BCUT2D eigenvalue weighted by atomic mass is 79.9. The van der Waals surface area contributed by atoms with E-state index in [4.69, 9.17) is 0 Å². The van der Waals surface area contributed by atoms with Gasteiger partial charge in [0.1, 0.15) is 0 Å². The standard InChI is InChI=1S/C17H15BrN2O4/c1-10-9-11(7-8-13(10)18)19-15(21)16(22)20-14-6-4-3-5-12(14)17(23)24-2/h3-9H,1-2H3,(H,19,21)(H,20,22). The second-order valence-electron chi connectivity index (χ2n) is 4.91. The summed E-state index contributed by atoms with van der Waals surface area (Å²) < 4.78 is 5.54. The molecule has 0 aromatic heterocycles. The smallest absolute Gasteiger partial charge is 0.339 e. The van der Waals surface area contributed by atoms with Crippen molar-refractivity contribution in [3.63, 3.8) is 0 Å². The summed E-state index contributed by atoms with van der Waals surface area (Å²) in [6, 6.07) is 11.5. The van der Waals surface area contributed by atoms with Crippen LogP contribution >= 0.6 is 15.9 Å². The number of amides is 2. The zero-order chi connectivity index (χ0) is 17.7.